The number of nitro benzene ring substituents is 1. The van der Waals surface area contributed by atoms with E-state index < -0.39 is 27.0 Å². The van der Waals surface area contributed by atoms with Crippen LogP contribution < -0.4 is 0 Å². The van der Waals surface area contributed by atoms with E-state index in [2.05, 4.69) is 0 Å². The molecule has 0 amide bonds. The van der Waals surface area contributed by atoms with Crippen molar-refractivity contribution in [1.82, 2.24) is 4.31 Å². The Morgan fingerprint density at radius 1 is 1.40 bits per heavy atom. The first kappa shape index (κ1) is 16.1. The van der Waals surface area contributed by atoms with E-state index in [1.54, 1.807) is 6.92 Å². The number of nitro groups is 1. The number of sulfonamides is 1. The lowest BCUT2D eigenvalue weighted by Gasteiger charge is -2.23. The van der Waals surface area contributed by atoms with E-state index in [0.717, 1.165) is 28.6 Å². The molecule has 1 aromatic rings. The van der Waals surface area contributed by atoms with Crippen molar-refractivity contribution >= 4 is 21.7 Å². The van der Waals surface area contributed by atoms with Gasteiger partial charge < -0.3 is 5.11 Å². The average Bonchev–Trinajstić information content (AvgIpc) is 2.39. The summed E-state index contributed by atoms with van der Waals surface area (Å²) in [4.78, 5) is 20.7. The number of carboxylic acids is 1. The maximum absolute atomic E-state index is 12.2. The van der Waals surface area contributed by atoms with Gasteiger partial charge in [0.25, 0.3) is 5.69 Å². The SMILES string of the molecule is CCC(C(=O)O)N(C)S(=O)(=O)c1ccc([N+](=O)[O-])cc1. The fourth-order valence-electron chi connectivity index (χ4n) is 1.66. The summed E-state index contributed by atoms with van der Waals surface area (Å²) in [5, 5.41) is 19.5. The minimum absolute atomic E-state index is 0.109. The maximum Gasteiger partial charge on any atom is 0.321 e. The van der Waals surface area contributed by atoms with E-state index >= 15 is 0 Å². The zero-order valence-electron chi connectivity index (χ0n) is 10.9. The first-order chi connectivity index (χ1) is 9.21. The normalized spacial score (nSPS) is 13.2. The standard InChI is InChI=1S/C11H14N2O6S/c1-3-10(11(14)15)12(2)20(18,19)9-6-4-8(5-7-9)13(16)17/h4-7,10H,3H2,1-2H3,(H,14,15). The molecule has 8 nitrogen and oxygen atoms in total. The molecule has 0 aliphatic carbocycles. The second-order valence-electron chi connectivity index (χ2n) is 4.03. The van der Waals surface area contributed by atoms with Crippen molar-refractivity contribution in [2.45, 2.75) is 24.3 Å². The molecule has 0 aliphatic rings. The Morgan fingerprint density at radius 3 is 2.25 bits per heavy atom. The molecule has 0 aliphatic heterocycles. The molecular weight excluding hydrogens is 288 g/mol. The molecule has 0 heterocycles. The Kier molecular flexibility index (Phi) is 4.79. The van der Waals surface area contributed by atoms with Gasteiger partial charge in [-0.1, -0.05) is 6.92 Å². The summed E-state index contributed by atoms with van der Waals surface area (Å²) in [6.07, 6.45) is 0.109. The van der Waals surface area contributed by atoms with Crippen LogP contribution >= 0.6 is 0 Å². The van der Waals surface area contributed by atoms with Crippen LogP contribution in [0.15, 0.2) is 29.2 Å². The molecule has 0 spiro atoms. The number of non-ortho nitro benzene ring substituents is 1. The molecule has 20 heavy (non-hydrogen) atoms. The minimum Gasteiger partial charge on any atom is -0.480 e. The fraction of sp³-hybridized carbons (Fsp3) is 0.364. The highest BCUT2D eigenvalue weighted by molar-refractivity contribution is 7.89. The van der Waals surface area contributed by atoms with Crippen molar-refractivity contribution in [3.8, 4) is 0 Å². The van der Waals surface area contributed by atoms with Crippen molar-refractivity contribution in [3.05, 3.63) is 34.4 Å². The summed E-state index contributed by atoms with van der Waals surface area (Å²) in [6, 6.07) is 3.09. The molecule has 1 unspecified atom stereocenters. The lowest BCUT2D eigenvalue weighted by atomic mass is 10.2. The van der Waals surface area contributed by atoms with Gasteiger partial charge in [0.1, 0.15) is 6.04 Å². The van der Waals surface area contributed by atoms with Crippen LogP contribution in [0.4, 0.5) is 5.69 Å². The predicted octanol–water partition coefficient (Wildman–Crippen LogP) is 1.08. The zero-order chi connectivity index (χ0) is 15.5. The molecule has 110 valence electrons. The number of hydrogen-bond donors (Lipinski definition) is 1. The fourth-order valence-corrected chi connectivity index (χ4v) is 3.05. The largest absolute Gasteiger partial charge is 0.480 e. The lowest BCUT2D eigenvalue weighted by Crippen LogP contribution is -2.41. The molecule has 0 saturated heterocycles. The summed E-state index contributed by atoms with van der Waals surface area (Å²) in [6.45, 7) is 1.56. The molecule has 1 aromatic carbocycles. The van der Waals surface area contributed by atoms with E-state index in [9.17, 15) is 23.3 Å². The number of hydrogen-bond acceptors (Lipinski definition) is 5. The summed E-state index contributed by atoms with van der Waals surface area (Å²) in [5.41, 5.74) is -0.239. The Hall–Kier alpha value is -2.00. The van der Waals surface area contributed by atoms with Crippen LogP contribution in [0.5, 0.6) is 0 Å². The number of nitrogens with zero attached hydrogens (tertiary/aromatic N) is 2. The first-order valence-corrected chi connectivity index (χ1v) is 7.11. The van der Waals surface area contributed by atoms with Gasteiger partial charge in [-0.25, -0.2) is 8.42 Å². The summed E-state index contributed by atoms with van der Waals surface area (Å²) in [5.74, 6) is -1.25. The second kappa shape index (κ2) is 5.97. The van der Waals surface area contributed by atoms with Gasteiger partial charge >= 0.3 is 5.97 Å². The van der Waals surface area contributed by atoms with Gasteiger partial charge in [0.05, 0.1) is 9.82 Å². The first-order valence-electron chi connectivity index (χ1n) is 5.67. The molecular formula is C11H14N2O6S. The molecule has 1 rings (SSSR count). The van der Waals surface area contributed by atoms with Crippen LogP contribution in [0, 0.1) is 10.1 Å². The van der Waals surface area contributed by atoms with E-state index in [4.69, 9.17) is 5.11 Å². The monoisotopic (exact) mass is 302 g/mol. The molecule has 9 heteroatoms. The van der Waals surface area contributed by atoms with Gasteiger partial charge in [-0.05, 0) is 18.6 Å². The van der Waals surface area contributed by atoms with Gasteiger partial charge in [-0.3, -0.25) is 14.9 Å². The smallest absolute Gasteiger partial charge is 0.321 e. The van der Waals surface area contributed by atoms with Gasteiger partial charge in [-0.2, -0.15) is 4.31 Å². The topological polar surface area (TPSA) is 118 Å². The van der Waals surface area contributed by atoms with Crippen molar-refractivity contribution < 1.29 is 23.2 Å². The van der Waals surface area contributed by atoms with Crippen molar-refractivity contribution in [3.63, 3.8) is 0 Å². The number of benzene rings is 1. The van der Waals surface area contributed by atoms with E-state index in [1.807, 2.05) is 0 Å². The number of aliphatic carboxylic acids is 1. The number of rotatable bonds is 6. The number of carboxylic acid groups (broad SMARTS) is 1. The van der Waals surface area contributed by atoms with Crippen molar-refractivity contribution in [2.24, 2.45) is 0 Å². The number of carbonyl (C=O) groups is 1. The summed E-state index contributed by atoms with van der Waals surface area (Å²) < 4.78 is 25.2. The molecule has 0 aromatic heterocycles. The lowest BCUT2D eigenvalue weighted by molar-refractivity contribution is -0.384. The highest BCUT2D eigenvalue weighted by Gasteiger charge is 2.31. The predicted molar refractivity (Wildman–Crippen MR) is 69.8 cm³/mol. The summed E-state index contributed by atoms with van der Waals surface area (Å²) in [7, 11) is -2.84. The van der Waals surface area contributed by atoms with Crippen LogP contribution in [0.25, 0.3) is 0 Å². The third kappa shape index (κ3) is 3.11. The van der Waals surface area contributed by atoms with Gasteiger partial charge in [0, 0.05) is 19.2 Å². The Morgan fingerprint density at radius 2 is 1.90 bits per heavy atom. The quantitative estimate of drug-likeness (QED) is 0.620. The van der Waals surface area contributed by atoms with Crippen LogP contribution in [-0.2, 0) is 14.8 Å². The van der Waals surface area contributed by atoms with Crippen molar-refractivity contribution in [1.29, 1.82) is 0 Å². The second-order valence-corrected chi connectivity index (χ2v) is 6.03. The molecule has 1 N–H and O–H groups in total. The third-order valence-electron chi connectivity index (χ3n) is 2.84. The average molecular weight is 302 g/mol. The zero-order valence-corrected chi connectivity index (χ0v) is 11.7. The van der Waals surface area contributed by atoms with Gasteiger partial charge in [-0.15, -0.1) is 0 Å². The summed E-state index contributed by atoms with van der Waals surface area (Å²) >= 11 is 0. The Balaban J connectivity index is 3.15. The molecule has 0 saturated carbocycles. The third-order valence-corrected chi connectivity index (χ3v) is 4.72. The molecule has 0 bridgehead atoms. The van der Waals surface area contributed by atoms with Crippen LogP contribution in [0.3, 0.4) is 0 Å². The van der Waals surface area contributed by atoms with Crippen molar-refractivity contribution in [2.75, 3.05) is 7.05 Å². The minimum atomic E-state index is -4.01. The van der Waals surface area contributed by atoms with Crippen LogP contribution in [0.2, 0.25) is 0 Å². The van der Waals surface area contributed by atoms with E-state index in [1.165, 1.54) is 7.05 Å². The van der Waals surface area contributed by atoms with Gasteiger partial charge in [0.15, 0.2) is 0 Å². The maximum atomic E-state index is 12.2. The number of likely N-dealkylation sites (N-methyl/N-ethyl adjacent to an activating group) is 1. The van der Waals surface area contributed by atoms with Crippen LogP contribution in [-0.4, -0.2) is 41.8 Å². The molecule has 0 fully saturated rings. The molecule has 0 radical (unpaired) electrons. The highest BCUT2D eigenvalue weighted by Crippen LogP contribution is 2.21. The van der Waals surface area contributed by atoms with E-state index in [0.29, 0.717) is 0 Å². The van der Waals surface area contributed by atoms with Gasteiger partial charge in [0.2, 0.25) is 10.0 Å². The molecule has 1 atom stereocenters. The Bertz CT molecular complexity index is 610. The Labute approximate surface area is 115 Å². The van der Waals surface area contributed by atoms with Crippen LogP contribution in [0.1, 0.15) is 13.3 Å². The van der Waals surface area contributed by atoms with E-state index in [-0.39, 0.29) is 17.0 Å². The highest BCUT2D eigenvalue weighted by atomic mass is 32.2.